The molecule has 0 bridgehead atoms. The molecule has 1 aromatic heterocycles. The molecule has 1 aliphatic heterocycles. The van der Waals surface area contributed by atoms with Crippen LogP contribution in [0.1, 0.15) is 16.2 Å². The Hall–Kier alpha value is -1.57. The molecular formula is C10H12F3N3O2. The van der Waals surface area contributed by atoms with Gasteiger partial charge in [-0.3, -0.25) is 4.79 Å². The van der Waals surface area contributed by atoms with Crippen LogP contribution in [-0.4, -0.2) is 49.4 Å². The van der Waals surface area contributed by atoms with Gasteiger partial charge < -0.3 is 14.2 Å². The maximum atomic E-state index is 12.6. The van der Waals surface area contributed by atoms with Gasteiger partial charge in [-0.05, 0) is 7.05 Å². The SMILES string of the molecule is CN1CCN(c2nc(C(F)(F)F)c(C=O)o2)CC1. The Labute approximate surface area is 101 Å². The number of anilines is 1. The van der Waals surface area contributed by atoms with Gasteiger partial charge in [-0.1, -0.05) is 0 Å². The van der Waals surface area contributed by atoms with Crippen molar-refractivity contribution in [2.75, 3.05) is 38.1 Å². The predicted molar refractivity (Wildman–Crippen MR) is 56.6 cm³/mol. The molecule has 5 nitrogen and oxygen atoms in total. The number of likely N-dealkylation sites (N-methyl/N-ethyl adjacent to an activating group) is 1. The minimum Gasteiger partial charge on any atom is -0.420 e. The predicted octanol–water partition coefficient (Wildman–Crippen LogP) is 1.26. The molecule has 0 saturated carbocycles. The van der Waals surface area contributed by atoms with Crippen molar-refractivity contribution in [1.82, 2.24) is 9.88 Å². The summed E-state index contributed by atoms with van der Waals surface area (Å²) >= 11 is 0. The molecule has 0 aliphatic carbocycles. The third-order valence-corrected chi connectivity index (χ3v) is 2.79. The lowest BCUT2D eigenvalue weighted by atomic mass is 10.3. The standard InChI is InChI=1S/C10H12F3N3O2/c1-15-2-4-16(5-3-15)9-14-8(10(11,12)13)7(6-17)18-9/h6H,2-5H2,1H3. The lowest BCUT2D eigenvalue weighted by molar-refractivity contribution is -0.141. The minimum atomic E-state index is -4.68. The zero-order valence-electron chi connectivity index (χ0n) is 9.70. The molecule has 0 amide bonds. The van der Waals surface area contributed by atoms with Crippen molar-refractivity contribution in [2.24, 2.45) is 0 Å². The Morgan fingerprint density at radius 3 is 2.33 bits per heavy atom. The van der Waals surface area contributed by atoms with Crippen molar-refractivity contribution in [3.05, 3.63) is 11.5 Å². The molecule has 0 N–H and O–H groups in total. The van der Waals surface area contributed by atoms with E-state index in [9.17, 15) is 18.0 Å². The van der Waals surface area contributed by atoms with Gasteiger partial charge in [0, 0.05) is 26.2 Å². The molecular weight excluding hydrogens is 251 g/mol. The lowest BCUT2D eigenvalue weighted by Crippen LogP contribution is -2.44. The summed E-state index contributed by atoms with van der Waals surface area (Å²) in [5.74, 6) is -0.767. The van der Waals surface area contributed by atoms with Crippen LogP contribution in [-0.2, 0) is 6.18 Å². The number of alkyl halides is 3. The number of carbonyl (C=O) groups is 1. The van der Waals surface area contributed by atoms with E-state index in [4.69, 9.17) is 4.42 Å². The second kappa shape index (κ2) is 4.60. The highest BCUT2D eigenvalue weighted by Crippen LogP contribution is 2.33. The highest BCUT2D eigenvalue weighted by molar-refractivity contribution is 5.73. The van der Waals surface area contributed by atoms with Gasteiger partial charge in [-0.2, -0.15) is 18.2 Å². The number of carbonyl (C=O) groups excluding carboxylic acids is 1. The molecule has 1 aliphatic rings. The number of halogens is 3. The highest BCUT2D eigenvalue weighted by atomic mass is 19.4. The fourth-order valence-electron chi connectivity index (χ4n) is 1.74. The van der Waals surface area contributed by atoms with E-state index < -0.39 is 17.6 Å². The number of hydrogen-bond acceptors (Lipinski definition) is 5. The van der Waals surface area contributed by atoms with Crippen LogP contribution in [0.25, 0.3) is 0 Å². The molecule has 2 rings (SSSR count). The van der Waals surface area contributed by atoms with Crippen molar-refractivity contribution in [1.29, 1.82) is 0 Å². The van der Waals surface area contributed by atoms with Crippen LogP contribution >= 0.6 is 0 Å². The Morgan fingerprint density at radius 2 is 1.89 bits per heavy atom. The van der Waals surface area contributed by atoms with Crippen molar-refractivity contribution >= 4 is 12.3 Å². The molecule has 0 atom stereocenters. The molecule has 1 saturated heterocycles. The van der Waals surface area contributed by atoms with E-state index in [1.807, 2.05) is 11.9 Å². The Kier molecular flexibility index (Phi) is 3.29. The number of nitrogens with zero attached hydrogens (tertiary/aromatic N) is 3. The molecule has 0 radical (unpaired) electrons. The monoisotopic (exact) mass is 263 g/mol. The summed E-state index contributed by atoms with van der Waals surface area (Å²) in [5, 5.41) is 0. The van der Waals surface area contributed by atoms with Gasteiger partial charge in [0.05, 0.1) is 0 Å². The summed E-state index contributed by atoms with van der Waals surface area (Å²) in [7, 11) is 1.92. The van der Waals surface area contributed by atoms with E-state index in [1.54, 1.807) is 4.90 Å². The molecule has 8 heteroatoms. The lowest BCUT2D eigenvalue weighted by Gasteiger charge is -2.31. The Balaban J connectivity index is 2.25. The zero-order valence-corrected chi connectivity index (χ0v) is 9.70. The number of aromatic nitrogens is 1. The van der Waals surface area contributed by atoms with Crippen LogP contribution in [0.3, 0.4) is 0 Å². The van der Waals surface area contributed by atoms with Gasteiger partial charge in [-0.25, -0.2) is 0 Å². The summed E-state index contributed by atoms with van der Waals surface area (Å²) in [6.45, 7) is 2.46. The number of piperazine rings is 1. The average Bonchev–Trinajstić information content (AvgIpc) is 2.73. The number of aldehydes is 1. The number of oxazole rings is 1. The van der Waals surface area contributed by atoms with Gasteiger partial charge in [0.25, 0.3) is 6.01 Å². The molecule has 0 spiro atoms. The van der Waals surface area contributed by atoms with Gasteiger partial charge in [-0.15, -0.1) is 0 Å². The van der Waals surface area contributed by atoms with Crippen LogP contribution < -0.4 is 4.90 Å². The van der Waals surface area contributed by atoms with E-state index in [2.05, 4.69) is 4.98 Å². The van der Waals surface area contributed by atoms with Crippen LogP contribution in [0.2, 0.25) is 0 Å². The first-order valence-corrected chi connectivity index (χ1v) is 5.38. The summed E-state index contributed by atoms with van der Waals surface area (Å²) in [6.07, 6.45) is -4.64. The maximum Gasteiger partial charge on any atom is 0.437 e. The van der Waals surface area contributed by atoms with Crippen molar-refractivity contribution in [2.45, 2.75) is 6.18 Å². The second-order valence-corrected chi connectivity index (χ2v) is 4.12. The third kappa shape index (κ3) is 2.47. The smallest absolute Gasteiger partial charge is 0.420 e. The highest BCUT2D eigenvalue weighted by Gasteiger charge is 2.39. The maximum absolute atomic E-state index is 12.6. The molecule has 18 heavy (non-hydrogen) atoms. The minimum absolute atomic E-state index is 0.0371. The molecule has 1 aromatic rings. The first kappa shape index (κ1) is 12.9. The molecule has 100 valence electrons. The molecule has 2 heterocycles. The fraction of sp³-hybridized carbons (Fsp3) is 0.600. The third-order valence-electron chi connectivity index (χ3n) is 2.79. The first-order valence-electron chi connectivity index (χ1n) is 5.38. The van der Waals surface area contributed by atoms with Gasteiger partial charge in [0.15, 0.2) is 12.0 Å². The molecule has 0 aromatic carbocycles. The number of rotatable bonds is 2. The summed E-state index contributed by atoms with van der Waals surface area (Å²) < 4.78 is 42.6. The van der Waals surface area contributed by atoms with Gasteiger partial charge in [0.2, 0.25) is 5.76 Å². The van der Waals surface area contributed by atoms with E-state index in [1.165, 1.54) is 0 Å². The zero-order chi connectivity index (χ0) is 13.3. The average molecular weight is 263 g/mol. The summed E-state index contributed by atoms with van der Waals surface area (Å²) in [5.41, 5.74) is -1.26. The van der Waals surface area contributed by atoms with Crippen LogP contribution in [0.5, 0.6) is 0 Å². The summed E-state index contributed by atoms with van der Waals surface area (Å²) in [6, 6.07) is -0.141. The molecule has 1 fully saturated rings. The quantitative estimate of drug-likeness (QED) is 0.752. The topological polar surface area (TPSA) is 49.6 Å². The van der Waals surface area contributed by atoms with E-state index >= 15 is 0 Å². The van der Waals surface area contributed by atoms with E-state index in [0.717, 1.165) is 0 Å². The van der Waals surface area contributed by atoms with Crippen LogP contribution in [0.4, 0.5) is 19.2 Å². The van der Waals surface area contributed by atoms with Crippen molar-refractivity contribution < 1.29 is 22.4 Å². The van der Waals surface area contributed by atoms with Crippen molar-refractivity contribution in [3.8, 4) is 0 Å². The van der Waals surface area contributed by atoms with Crippen LogP contribution in [0.15, 0.2) is 4.42 Å². The first-order chi connectivity index (χ1) is 8.41. The van der Waals surface area contributed by atoms with Gasteiger partial charge in [0.1, 0.15) is 0 Å². The normalized spacial score (nSPS) is 18.1. The van der Waals surface area contributed by atoms with Crippen molar-refractivity contribution in [3.63, 3.8) is 0 Å². The number of hydrogen-bond donors (Lipinski definition) is 0. The molecule has 0 unspecified atom stereocenters. The Morgan fingerprint density at radius 1 is 1.28 bits per heavy atom. The van der Waals surface area contributed by atoms with E-state index in [-0.39, 0.29) is 12.3 Å². The largest absolute Gasteiger partial charge is 0.437 e. The van der Waals surface area contributed by atoms with Gasteiger partial charge >= 0.3 is 6.18 Å². The summed E-state index contributed by atoms with van der Waals surface area (Å²) in [4.78, 5) is 17.6. The Bertz CT molecular complexity index is 436. The van der Waals surface area contributed by atoms with Crippen LogP contribution in [0, 0.1) is 0 Å². The second-order valence-electron chi connectivity index (χ2n) is 4.12. The fourth-order valence-corrected chi connectivity index (χ4v) is 1.74. The van der Waals surface area contributed by atoms with E-state index in [0.29, 0.717) is 26.2 Å².